The largest absolute Gasteiger partial charge is 0.469 e. The van der Waals surface area contributed by atoms with Crippen molar-refractivity contribution in [2.24, 2.45) is 0 Å². The lowest BCUT2D eigenvalue weighted by atomic mass is 9.96. The lowest BCUT2D eigenvalue weighted by Gasteiger charge is -2.15. The smallest absolute Gasteiger partial charge is 0.406 e. The molecule has 2 aromatic carbocycles. The normalized spacial score (nSPS) is 11.9. The van der Waals surface area contributed by atoms with Crippen LogP contribution in [-0.2, 0) is 22.5 Å². The third-order valence-corrected chi connectivity index (χ3v) is 4.90. The van der Waals surface area contributed by atoms with Crippen molar-refractivity contribution in [3.63, 3.8) is 0 Å². The number of fused-ring (bicyclic) bond motifs is 3. The van der Waals surface area contributed by atoms with Crippen molar-refractivity contribution in [1.29, 1.82) is 0 Å². The minimum absolute atomic E-state index is 0.0135. The topological polar surface area (TPSA) is 77.0 Å². The molecule has 0 saturated heterocycles. The zero-order chi connectivity index (χ0) is 21.5. The molecule has 30 heavy (non-hydrogen) atoms. The van der Waals surface area contributed by atoms with Crippen molar-refractivity contribution < 1.29 is 22.7 Å². The summed E-state index contributed by atoms with van der Waals surface area (Å²) < 4.78 is 45.1. The molecule has 0 aliphatic rings. The number of halogens is 3. The molecular weight excluding hydrogens is 399 g/mol. The van der Waals surface area contributed by atoms with Crippen LogP contribution in [0.5, 0.6) is 0 Å². The molecule has 0 radical (unpaired) electrons. The average molecular weight is 415 g/mol. The second kappa shape index (κ2) is 7.33. The molecular formula is C21H16F3N3O3. The number of H-pyrrole nitrogens is 1. The van der Waals surface area contributed by atoms with Crippen molar-refractivity contribution in [3.05, 3.63) is 64.6 Å². The molecule has 6 nitrogen and oxygen atoms in total. The molecule has 4 aromatic rings. The van der Waals surface area contributed by atoms with Crippen molar-refractivity contribution in [3.8, 4) is 11.1 Å². The molecule has 154 valence electrons. The molecule has 2 aromatic heterocycles. The van der Waals surface area contributed by atoms with Gasteiger partial charge in [0.05, 0.1) is 36.1 Å². The maximum Gasteiger partial charge on any atom is 0.406 e. The predicted molar refractivity (Wildman–Crippen MR) is 105 cm³/mol. The first-order valence-corrected chi connectivity index (χ1v) is 9.00. The molecule has 0 aliphatic heterocycles. The van der Waals surface area contributed by atoms with Gasteiger partial charge in [0.15, 0.2) is 0 Å². The van der Waals surface area contributed by atoms with Crippen molar-refractivity contribution in [2.45, 2.75) is 19.1 Å². The minimum atomic E-state index is -4.58. The fraction of sp³-hybridized carbons (Fsp3) is 0.190. The lowest BCUT2D eigenvalue weighted by molar-refractivity contribution is -0.141. The summed E-state index contributed by atoms with van der Waals surface area (Å²) in [6.07, 6.45) is -3.34. The molecule has 4 rings (SSSR count). The van der Waals surface area contributed by atoms with E-state index in [1.54, 1.807) is 36.4 Å². The van der Waals surface area contributed by atoms with Crippen LogP contribution in [0.3, 0.4) is 0 Å². The van der Waals surface area contributed by atoms with Crippen LogP contribution in [0.4, 0.5) is 13.2 Å². The molecule has 0 amide bonds. The van der Waals surface area contributed by atoms with Crippen molar-refractivity contribution in [2.75, 3.05) is 7.11 Å². The predicted octanol–water partition coefficient (Wildman–Crippen LogP) is 3.82. The number of carbonyl (C=O) groups excluding carboxylic acids is 1. The molecule has 0 unspecified atom stereocenters. The highest BCUT2D eigenvalue weighted by Gasteiger charge is 2.30. The molecule has 0 fully saturated rings. The van der Waals surface area contributed by atoms with Crippen LogP contribution in [0, 0.1) is 0 Å². The highest BCUT2D eigenvalue weighted by molar-refractivity contribution is 6.04. The van der Waals surface area contributed by atoms with Crippen LogP contribution in [0.25, 0.3) is 32.9 Å². The first-order valence-electron chi connectivity index (χ1n) is 9.00. The molecule has 2 heterocycles. The molecule has 0 saturated carbocycles. The van der Waals surface area contributed by atoms with E-state index in [1.165, 1.54) is 19.4 Å². The van der Waals surface area contributed by atoms with Crippen LogP contribution in [0.15, 0.2) is 53.5 Å². The summed E-state index contributed by atoms with van der Waals surface area (Å²) in [6, 6.07) is 11.9. The van der Waals surface area contributed by atoms with E-state index in [9.17, 15) is 22.8 Å². The van der Waals surface area contributed by atoms with Crippen LogP contribution in [-0.4, -0.2) is 34.0 Å². The van der Waals surface area contributed by atoms with Crippen LogP contribution in [0.2, 0.25) is 0 Å². The van der Waals surface area contributed by atoms with E-state index in [0.29, 0.717) is 32.2 Å². The Hall–Kier alpha value is -3.62. The third-order valence-electron chi connectivity index (χ3n) is 4.90. The molecule has 0 aliphatic carbocycles. The summed E-state index contributed by atoms with van der Waals surface area (Å²) in [6.45, 7) is -1.42. The molecule has 0 atom stereocenters. The van der Waals surface area contributed by atoms with Crippen LogP contribution >= 0.6 is 0 Å². The Labute approximate surface area is 167 Å². The third kappa shape index (κ3) is 3.54. The first kappa shape index (κ1) is 19.7. The van der Waals surface area contributed by atoms with E-state index in [4.69, 9.17) is 4.74 Å². The Morgan fingerprint density at radius 2 is 1.93 bits per heavy atom. The number of nitrogens with zero attached hydrogens (tertiary/aromatic N) is 2. The van der Waals surface area contributed by atoms with Crippen LogP contribution in [0.1, 0.15) is 5.56 Å². The first-order chi connectivity index (χ1) is 14.3. The maximum absolute atomic E-state index is 13.2. The van der Waals surface area contributed by atoms with Gasteiger partial charge in [-0.2, -0.15) is 18.3 Å². The summed E-state index contributed by atoms with van der Waals surface area (Å²) >= 11 is 0. The number of aromatic nitrogens is 3. The number of ether oxygens (including phenoxy) is 1. The maximum atomic E-state index is 13.2. The summed E-state index contributed by atoms with van der Waals surface area (Å²) in [4.78, 5) is 24.5. The van der Waals surface area contributed by atoms with Gasteiger partial charge in [-0.05, 0) is 22.8 Å². The lowest BCUT2D eigenvalue weighted by Crippen LogP contribution is -2.28. The number of esters is 1. The van der Waals surface area contributed by atoms with Crippen molar-refractivity contribution >= 4 is 27.8 Å². The number of aromatic amines is 1. The van der Waals surface area contributed by atoms with Gasteiger partial charge in [0, 0.05) is 5.39 Å². The zero-order valence-corrected chi connectivity index (χ0v) is 15.8. The summed E-state index contributed by atoms with van der Waals surface area (Å²) in [7, 11) is 1.28. The van der Waals surface area contributed by atoms with E-state index in [2.05, 4.69) is 10.2 Å². The van der Waals surface area contributed by atoms with Gasteiger partial charge in [-0.15, -0.1) is 0 Å². The number of nitrogens with one attached hydrogen (secondary N) is 1. The SMILES string of the molecule is COC(=O)Cc1ccccc1-c1ccc2c3[nH]ncc3c(=O)n(CC(F)(F)F)c2c1. The average Bonchev–Trinajstić information content (AvgIpc) is 3.20. The summed E-state index contributed by atoms with van der Waals surface area (Å²) in [5, 5.41) is 7.04. The van der Waals surface area contributed by atoms with E-state index < -0.39 is 24.2 Å². The van der Waals surface area contributed by atoms with Gasteiger partial charge in [-0.25, -0.2) is 0 Å². The standard InChI is InChI=1S/C21H16F3N3O3/c1-30-18(28)9-12-4-2-3-5-14(12)13-6-7-15-17(8-13)27(11-21(22,23)24)20(29)16-10-25-26-19(15)16/h2-8,10H,9,11H2,1H3,(H,25,26). The van der Waals surface area contributed by atoms with Gasteiger partial charge in [0.1, 0.15) is 6.54 Å². The van der Waals surface area contributed by atoms with Crippen molar-refractivity contribution in [1.82, 2.24) is 14.8 Å². The second-order valence-electron chi connectivity index (χ2n) is 6.81. The quantitative estimate of drug-likeness (QED) is 0.514. The van der Waals surface area contributed by atoms with Gasteiger partial charge in [-0.1, -0.05) is 36.4 Å². The molecule has 1 N–H and O–H groups in total. The number of hydrogen-bond donors (Lipinski definition) is 1. The van der Waals surface area contributed by atoms with Gasteiger partial charge >= 0.3 is 12.1 Å². The monoisotopic (exact) mass is 415 g/mol. The van der Waals surface area contributed by atoms with Gasteiger partial charge in [-0.3, -0.25) is 19.3 Å². The number of hydrogen-bond acceptors (Lipinski definition) is 4. The van der Waals surface area contributed by atoms with Gasteiger partial charge in [0.25, 0.3) is 5.56 Å². The second-order valence-corrected chi connectivity index (χ2v) is 6.81. The number of carbonyl (C=O) groups is 1. The van der Waals surface area contributed by atoms with E-state index in [-0.39, 0.29) is 17.3 Å². The van der Waals surface area contributed by atoms with Crippen LogP contribution < -0.4 is 5.56 Å². The Morgan fingerprint density at radius 1 is 1.17 bits per heavy atom. The number of pyridine rings is 1. The zero-order valence-electron chi connectivity index (χ0n) is 15.8. The number of alkyl halides is 3. The molecule has 0 spiro atoms. The molecule has 9 heteroatoms. The highest BCUT2D eigenvalue weighted by Crippen LogP contribution is 2.31. The van der Waals surface area contributed by atoms with E-state index >= 15 is 0 Å². The van der Waals surface area contributed by atoms with Gasteiger partial charge in [0.2, 0.25) is 0 Å². The minimum Gasteiger partial charge on any atom is -0.469 e. The van der Waals surface area contributed by atoms with E-state index in [1.807, 2.05) is 0 Å². The number of benzene rings is 2. The Balaban J connectivity index is 1.98. The highest BCUT2D eigenvalue weighted by atomic mass is 19.4. The molecule has 0 bridgehead atoms. The fourth-order valence-corrected chi connectivity index (χ4v) is 3.56. The Kier molecular flexibility index (Phi) is 4.81. The van der Waals surface area contributed by atoms with Gasteiger partial charge < -0.3 is 4.74 Å². The number of methoxy groups -OCH3 is 1. The Bertz CT molecular complexity index is 1320. The van der Waals surface area contributed by atoms with E-state index in [0.717, 1.165) is 0 Å². The Morgan fingerprint density at radius 3 is 2.67 bits per heavy atom. The summed E-state index contributed by atoms with van der Waals surface area (Å²) in [5.41, 5.74) is 1.64. The number of rotatable bonds is 4. The fourth-order valence-electron chi connectivity index (χ4n) is 3.56. The summed E-state index contributed by atoms with van der Waals surface area (Å²) in [5.74, 6) is -0.434.